The Balaban J connectivity index is 1.76. The second-order valence-electron chi connectivity index (χ2n) is 5.92. The van der Waals surface area contributed by atoms with E-state index in [9.17, 15) is 9.59 Å². The number of anilines is 1. The highest BCUT2D eigenvalue weighted by molar-refractivity contribution is 6.34. The van der Waals surface area contributed by atoms with E-state index in [4.69, 9.17) is 4.42 Å². The number of carbonyl (C=O) groups is 2. The lowest BCUT2D eigenvalue weighted by molar-refractivity contribution is 0.0926. The van der Waals surface area contributed by atoms with Crippen LogP contribution in [0, 0.1) is 6.92 Å². The maximum atomic E-state index is 12.6. The molecule has 0 saturated carbocycles. The van der Waals surface area contributed by atoms with Gasteiger partial charge in [0, 0.05) is 5.56 Å². The van der Waals surface area contributed by atoms with Crippen LogP contribution < -0.4 is 4.90 Å². The number of amides is 2. The second kappa shape index (κ2) is 5.70. The van der Waals surface area contributed by atoms with Crippen LogP contribution in [0.5, 0.6) is 0 Å². The molecule has 5 nitrogen and oxygen atoms in total. The Bertz CT molecular complexity index is 969. The minimum atomic E-state index is -0.310. The van der Waals surface area contributed by atoms with Gasteiger partial charge in [-0.2, -0.15) is 0 Å². The van der Waals surface area contributed by atoms with Crippen molar-refractivity contribution in [2.75, 3.05) is 4.90 Å². The summed E-state index contributed by atoms with van der Waals surface area (Å²) in [6, 6.07) is 14.0. The lowest BCUT2D eigenvalue weighted by atomic mass is 10.1. The average Bonchev–Trinajstić information content (AvgIpc) is 3.13. The number of hydrogen-bond donors (Lipinski definition) is 0. The number of oxazole rings is 1. The summed E-state index contributed by atoms with van der Waals surface area (Å²) in [6.45, 7) is 3.90. The molecule has 0 fully saturated rings. The van der Waals surface area contributed by atoms with Crippen molar-refractivity contribution in [2.45, 2.75) is 20.3 Å². The number of benzene rings is 2. The molecule has 4 rings (SSSR count). The van der Waals surface area contributed by atoms with E-state index in [1.807, 2.05) is 19.9 Å². The summed E-state index contributed by atoms with van der Waals surface area (Å²) in [5.74, 6) is 0.655. The van der Waals surface area contributed by atoms with Crippen molar-refractivity contribution in [1.29, 1.82) is 0 Å². The number of rotatable bonds is 3. The predicted molar refractivity (Wildman–Crippen MR) is 93.6 cm³/mol. The van der Waals surface area contributed by atoms with Crippen molar-refractivity contribution >= 4 is 17.5 Å². The van der Waals surface area contributed by atoms with E-state index in [1.54, 1.807) is 42.5 Å². The number of fused-ring (bicyclic) bond motifs is 1. The SMILES string of the molecule is CCc1nc(-c2cccc(N3C(=O)c4ccccc4C3=O)c2)oc1C. The molecule has 0 N–H and O–H groups in total. The maximum absolute atomic E-state index is 12.6. The van der Waals surface area contributed by atoms with E-state index in [0.717, 1.165) is 23.4 Å². The Hall–Kier alpha value is -3.21. The molecule has 0 saturated heterocycles. The molecule has 1 aliphatic heterocycles. The maximum Gasteiger partial charge on any atom is 0.266 e. The van der Waals surface area contributed by atoms with Gasteiger partial charge in [0.1, 0.15) is 5.76 Å². The van der Waals surface area contributed by atoms with Crippen LogP contribution in [0.25, 0.3) is 11.5 Å². The third kappa shape index (κ3) is 2.36. The van der Waals surface area contributed by atoms with Crippen molar-refractivity contribution in [3.63, 3.8) is 0 Å². The molecular formula is C20H16N2O3. The van der Waals surface area contributed by atoms with Gasteiger partial charge in [0.2, 0.25) is 5.89 Å². The highest BCUT2D eigenvalue weighted by Crippen LogP contribution is 2.31. The van der Waals surface area contributed by atoms with Gasteiger partial charge in [-0.05, 0) is 43.7 Å². The zero-order valence-electron chi connectivity index (χ0n) is 13.9. The summed E-state index contributed by atoms with van der Waals surface area (Å²) < 4.78 is 5.73. The molecule has 3 aromatic rings. The fraction of sp³-hybridized carbons (Fsp3) is 0.150. The van der Waals surface area contributed by atoms with Gasteiger partial charge in [0.25, 0.3) is 11.8 Å². The van der Waals surface area contributed by atoms with Gasteiger partial charge in [0.15, 0.2) is 0 Å². The smallest absolute Gasteiger partial charge is 0.266 e. The summed E-state index contributed by atoms with van der Waals surface area (Å²) in [4.78, 5) is 30.9. The van der Waals surface area contributed by atoms with Gasteiger partial charge in [-0.15, -0.1) is 0 Å². The van der Waals surface area contributed by atoms with Crippen LogP contribution in [0.3, 0.4) is 0 Å². The lowest BCUT2D eigenvalue weighted by Crippen LogP contribution is -2.29. The highest BCUT2D eigenvalue weighted by atomic mass is 16.4. The van der Waals surface area contributed by atoms with Crippen molar-refractivity contribution in [3.05, 3.63) is 71.1 Å². The summed E-state index contributed by atoms with van der Waals surface area (Å²) >= 11 is 0. The minimum Gasteiger partial charge on any atom is -0.441 e. The molecule has 0 atom stereocenters. The Morgan fingerprint density at radius 3 is 2.28 bits per heavy atom. The highest BCUT2D eigenvalue weighted by Gasteiger charge is 2.36. The minimum absolute atomic E-state index is 0.310. The van der Waals surface area contributed by atoms with Gasteiger partial charge in [0.05, 0.1) is 22.5 Å². The van der Waals surface area contributed by atoms with Gasteiger partial charge < -0.3 is 4.42 Å². The van der Waals surface area contributed by atoms with E-state index in [-0.39, 0.29) is 11.8 Å². The molecule has 2 heterocycles. The molecule has 0 aliphatic carbocycles. The normalized spacial score (nSPS) is 13.4. The topological polar surface area (TPSA) is 63.4 Å². The summed E-state index contributed by atoms with van der Waals surface area (Å²) in [6.07, 6.45) is 0.785. The van der Waals surface area contributed by atoms with Gasteiger partial charge >= 0.3 is 0 Å². The Morgan fingerprint density at radius 2 is 1.68 bits per heavy atom. The van der Waals surface area contributed by atoms with Gasteiger partial charge in [-0.1, -0.05) is 25.1 Å². The molecule has 124 valence electrons. The predicted octanol–water partition coefficient (Wildman–Crippen LogP) is 4.01. The summed E-state index contributed by atoms with van der Waals surface area (Å²) in [5.41, 5.74) is 3.01. The summed E-state index contributed by atoms with van der Waals surface area (Å²) in [5, 5.41) is 0. The van der Waals surface area contributed by atoms with E-state index in [0.29, 0.717) is 22.7 Å². The zero-order chi connectivity index (χ0) is 17.6. The van der Waals surface area contributed by atoms with Crippen molar-refractivity contribution in [2.24, 2.45) is 0 Å². The van der Waals surface area contributed by atoms with E-state index in [2.05, 4.69) is 4.98 Å². The third-order valence-corrected chi connectivity index (χ3v) is 4.37. The Morgan fingerprint density at radius 1 is 1.00 bits per heavy atom. The van der Waals surface area contributed by atoms with E-state index in [1.165, 1.54) is 4.90 Å². The van der Waals surface area contributed by atoms with Crippen LogP contribution in [0.2, 0.25) is 0 Å². The molecule has 2 aromatic carbocycles. The molecule has 0 spiro atoms. The van der Waals surface area contributed by atoms with Crippen molar-refractivity contribution in [1.82, 2.24) is 4.98 Å². The number of nitrogens with zero attached hydrogens (tertiary/aromatic N) is 2. The second-order valence-corrected chi connectivity index (χ2v) is 5.92. The van der Waals surface area contributed by atoms with Crippen LogP contribution in [-0.4, -0.2) is 16.8 Å². The largest absolute Gasteiger partial charge is 0.441 e. The average molecular weight is 332 g/mol. The van der Waals surface area contributed by atoms with Gasteiger partial charge in [-0.3, -0.25) is 9.59 Å². The molecule has 2 amide bonds. The van der Waals surface area contributed by atoms with Crippen LogP contribution in [0.4, 0.5) is 5.69 Å². The fourth-order valence-electron chi connectivity index (χ4n) is 3.08. The quantitative estimate of drug-likeness (QED) is 0.680. The summed E-state index contributed by atoms with van der Waals surface area (Å²) in [7, 11) is 0. The molecule has 0 bridgehead atoms. The first kappa shape index (κ1) is 15.3. The number of aryl methyl sites for hydroxylation is 2. The van der Waals surface area contributed by atoms with Gasteiger partial charge in [-0.25, -0.2) is 9.88 Å². The molecule has 0 radical (unpaired) electrons. The number of aromatic nitrogens is 1. The van der Waals surface area contributed by atoms with E-state index >= 15 is 0 Å². The van der Waals surface area contributed by atoms with Crippen LogP contribution in [0.15, 0.2) is 52.9 Å². The molecule has 25 heavy (non-hydrogen) atoms. The molecule has 5 heteroatoms. The van der Waals surface area contributed by atoms with Crippen LogP contribution in [0.1, 0.15) is 39.1 Å². The monoisotopic (exact) mass is 332 g/mol. The number of hydrogen-bond acceptors (Lipinski definition) is 4. The first-order valence-corrected chi connectivity index (χ1v) is 8.14. The molecule has 1 aromatic heterocycles. The molecule has 1 aliphatic rings. The first-order valence-electron chi connectivity index (χ1n) is 8.14. The Labute approximate surface area is 144 Å². The lowest BCUT2D eigenvalue weighted by Gasteiger charge is -2.14. The molecule has 0 unspecified atom stereocenters. The standard InChI is InChI=1S/C20H16N2O3/c1-3-17-12(2)25-18(21-17)13-7-6-8-14(11-13)22-19(23)15-9-4-5-10-16(15)20(22)24/h4-11H,3H2,1-2H3. The van der Waals surface area contributed by atoms with Crippen molar-refractivity contribution < 1.29 is 14.0 Å². The van der Waals surface area contributed by atoms with E-state index < -0.39 is 0 Å². The Kier molecular flexibility index (Phi) is 3.50. The van der Waals surface area contributed by atoms with Crippen molar-refractivity contribution in [3.8, 4) is 11.5 Å². The third-order valence-electron chi connectivity index (χ3n) is 4.37. The molecular weight excluding hydrogens is 316 g/mol. The number of carbonyl (C=O) groups excluding carboxylic acids is 2. The first-order chi connectivity index (χ1) is 12.1. The van der Waals surface area contributed by atoms with Crippen LogP contribution >= 0.6 is 0 Å². The number of imide groups is 1. The fourth-order valence-corrected chi connectivity index (χ4v) is 3.08. The zero-order valence-corrected chi connectivity index (χ0v) is 13.9. The van der Waals surface area contributed by atoms with Crippen LogP contribution in [-0.2, 0) is 6.42 Å².